The van der Waals surface area contributed by atoms with E-state index in [-0.39, 0.29) is 0 Å². The molecule has 0 saturated heterocycles. The van der Waals surface area contributed by atoms with Crippen LogP contribution in [0.15, 0.2) is 0 Å². The number of hydrogen-bond donors (Lipinski definition) is 2. The zero-order valence-corrected chi connectivity index (χ0v) is 9.14. The van der Waals surface area contributed by atoms with Crippen LogP contribution < -0.4 is 5.73 Å². The van der Waals surface area contributed by atoms with Crippen molar-refractivity contribution in [1.29, 1.82) is 0 Å². The second kappa shape index (κ2) is 5.14. The van der Waals surface area contributed by atoms with Gasteiger partial charge < -0.3 is 15.6 Å². The van der Waals surface area contributed by atoms with Gasteiger partial charge >= 0.3 is 6.18 Å². The summed E-state index contributed by atoms with van der Waals surface area (Å²) >= 11 is 0. The number of nitrogens with two attached hydrogens (primary N) is 1. The monoisotopic (exact) mass is 229 g/mol. The van der Waals surface area contributed by atoms with Gasteiger partial charge in [0.2, 0.25) is 0 Å². The van der Waals surface area contributed by atoms with Crippen LogP contribution in [0.25, 0.3) is 0 Å². The first-order valence-corrected chi connectivity index (χ1v) is 4.62. The lowest BCUT2D eigenvalue weighted by Gasteiger charge is -2.33. The van der Waals surface area contributed by atoms with Gasteiger partial charge in [-0.3, -0.25) is 0 Å². The van der Waals surface area contributed by atoms with E-state index < -0.39 is 37.0 Å². The number of hydrogen-bond acceptors (Lipinski definition) is 3. The van der Waals surface area contributed by atoms with Crippen LogP contribution in [0.2, 0.25) is 0 Å². The van der Waals surface area contributed by atoms with E-state index in [2.05, 4.69) is 4.74 Å². The lowest BCUT2D eigenvalue weighted by atomic mass is 9.84. The minimum Gasteiger partial charge on any atom is -0.394 e. The Balaban J connectivity index is 4.26. The predicted molar refractivity (Wildman–Crippen MR) is 50.3 cm³/mol. The molecule has 0 heterocycles. The van der Waals surface area contributed by atoms with E-state index in [1.807, 2.05) is 0 Å². The molecular formula is C9H18F3NO2. The first-order valence-electron chi connectivity index (χ1n) is 4.62. The highest BCUT2D eigenvalue weighted by molar-refractivity contribution is 4.84. The Kier molecular flexibility index (Phi) is 5.02. The highest BCUT2D eigenvalue weighted by Crippen LogP contribution is 2.23. The zero-order chi connectivity index (χ0) is 12.3. The Bertz CT molecular complexity index is 189. The third-order valence-electron chi connectivity index (χ3n) is 2.04. The molecule has 0 aromatic carbocycles. The molecule has 92 valence electrons. The van der Waals surface area contributed by atoms with Gasteiger partial charge in [0.05, 0.1) is 12.7 Å². The molecular weight excluding hydrogens is 211 g/mol. The van der Waals surface area contributed by atoms with Crippen LogP contribution in [0.1, 0.15) is 20.8 Å². The fourth-order valence-corrected chi connectivity index (χ4v) is 1.03. The zero-order valence-electron chi connectivity index (χ0n) is 9.14. The van der Waals surface area contributed by atoms with Gasteiger partial charge in [0.15, 0.2) is 0 Å². The van der Waals surface area contributed by atoms with Crippen molar-refractivity contribution in [2.45, 2.75) is 39.1 Å². The van der Waals surface area contributed by atoms with Crippen molar-refractivity contribution in [3.8, 4) is 0 Å². The molecule has 15 heavy (non-hydrogen) atoms. The van der Waals surface area contributed by atoms with E-state index in [9.17, 15) is 13.2 Å². The van der Waals surface area contributed by atoms with E-state index in [0.29, 0.717) is 0 Å². The summed E-state index contributed by atoms with van der Waals surface area (Å²) in [5.74, 6) is 0. The second-order valence-corrected chi connectivity index (χ2v) is 4.54. The highest BCUT2D eigenvalue weighted by Gasteiger charge is 2.34. The van der Waals surface area contributed by atoms with Crippen molar-refractivity contribution in [3.63, 3.8) is 0 Å². The van der Waals surface area contributed by atoms with Crippen molar-refractivity contribution < 1.29 is 23.0 Å². The molecule has 0 rings (SSSR count). The molecule has 3 nitrogen and oxygen atoms in total. The summed E-state index contributed by atoms with van der Waals surface area (Å²) in [6.07, 6.45) is -5.39. The smallest absolute Gasteiger partial charge is 0.394 e. The third kappa shape index (κ3) is 5.96. The molecule has 0 bridgehead atoms. The van der Waals surface area contributed by atoms with Crippen LogP contribution in [0.3, 0.4) is 0 Å². The summed E-state index contributed by atoms with van der Waals surface area (Å²) in [4.78, 5) is 0. The van der Waals surface area contributed by atoms with Crippen LogP contribution in [0, 0.1) is 5.41 Å². The van der Waals surface area contributed by atoms with E-state index in [1.165, 1.54) is 0 Å². The van der Waals surface area contributed by atoms with Crippen LogP contribution in [-0.4, -0.2) is 36.6 Å². The van der Waals surface area contributed by atoms with Crippen LogP contribution in [0.4, 0.5) is 13.2 Å². The van der Waals surface area contributed by atoms with Crippen molar-refractivity contribution >= 4 is 0 Å². The largest absolute Gasteiger partial charge is 0.411 e. The summed E-state index contributed by atoms with van der Waals surface area (Å²) in [5.41, 5.74) is 5.26. The minimum absolute atomic E-state index is 0.418. The van der Waals surface area contributed by atoms with Crippen molar-refractivity contribution in [1.82, 2.24) is 0 Å². The van der Waals surface area contributed by atoms with Gasteiger partial charge in [-0.1, -0.05) is 20.8 Å². The molecule has 6 heteroatoms. The standard InChI is InChI=1S/C9H18F3NO2/c1-8(2,3)7(13)6(4-14)15-5-9(10,11)12/h6-7,14H,4-5,13H2,1-3H3. The fourth-order valence-electron chi connectivity index (χ4n) is 1.03. The normalized spacial score (nSPS) is 17.6. The Hall–Kier alpha value is -0.330. The second-order valence-electron chi connectivity index (χ2n) is 4.54. The lowest BCUT2D eigenvalue weighted by molar-refractivity contribution is -0.193. The Morgan fingerprint density at radius 1 is 1.27 bits per heavy atom. The van der Waals surface area contributed by atoms with E-state index in [1.54, 1.807) is 20.8 Å². The van der Waals surface area contributed by atoms with Gasteiger partial charge in [-0.2, -0.15) is 13.2 Å². The molecule has 0 amide bonds. The van der Waals surface area contributed by atoms with E-state index >= 15 is 0 Å². The van der Waals surface area contributed by atoms with Gasteiger partial charge in [-0.05, 0) is 5.41 Å². The van der Waals surface area contributed by atoms with Crippen molar-refractivity contribution in [2.24, 2.45) is 11.1 Å². The van der Waals surface area contributed by atoms with Gasteiger partial charge in [-0.25, -0.2) is 0 Å². The lowest BCUT2D eigenvalue weighted by Crippen LogP contribution is -2.49. The summed E-state index contributed by atoms with van der Waals surface area (Å²) < 4.78 is 40.1. The molecule has 0 spiro atoms. The van der Waals surface area contributed by atoms with Crippen molar-refractivity contribution in [3.05, 3.63) is 0 Å². The van der Waals surface area contributed by atoms with Crippen molar-refractivity contribution in [2.75, 3.05) is 13.2 Å². The summed E-state index contributed by atoms with van der Waals surface area (Å²) in [7, 11) is 0. The molecule has 0 fully saturated rings. The van der Waals surface area contributed by atoms with Crippen LogP contribution in [-0.2, 0) is 4.74 Å². The molecule has 0 aliphatic rings. The molecule has 0 aromatic heterocycles. The molecule has 2 unspecified atom stereocenters. The minimum atomic E-state index is -4.40. The van der Waals surface area contributed by atoms with E-state index in [4.69, 9.17) is 10.8 Å². The van der Waals surface area contributed by atoms with Gasteiger partial charge in [0.1, 0.15) is 6.61 Å². The maximum atomic E-state index is 11.9. The topological polar surface area (TPSA) is 55.5 Å². The average Bonchev–Trinajstić information content (AvgIpc) is 2.01. The molecule has 0 aliphatic heterocycles. The fraction of sp³-hybridized carbons (Fsp3) is 1.00. The number of aliphatic hydroxyl groups excluding tert-OH is 1. The van der Waals surface area contributed by atoms with Crippen LogP contribution >= 0.6 is 0 Å². The number of rotatable bonds is 4. The van der Waals surface area contributed by atoms with Gasteiger partial charge in [0.25, 0.3) is 0 Å². The SMILES string of the molecule is CC(C)(C)C(N)C(CO)OCC(F)(F)F. The molecule has 2 atom stereocenters. The Labute approximate surface area is 87.4 Å². The number of ether oxygens (including phenoxy) is 1. The Morgan fingerprint density at radius 2 is 1.73 bits per heavy atom. The highest BCUT2D eigenvalue weighted by atomic mass is 19.4. The molecule has 0 radical (unpaired) electrons. The van der Waals surface area contributed by atoms with Crippen LogP contribution in [0.5, 0.6) is 0 Å². The first-order chi connectivity index (χ1) is 6.58. The summed E-state index contributed by atoms with van der Waals surface area (Å²) in [5, 5.41) is 8.88. The third-order valence-corrected chi connectivity index (χ3v) is 2.04. The Morgan fingerprint density at radius 3 is 2.00 bits per heavy atom. The van der Waals surface area contributed by atoms with Gasteiger partial charge in [-0.15, -0.1) is 0 Å². The number of halogens is 3. The average molecular weight is 229 g/mol. The quantitative estimate of drug-likeness (QED) is 0.764. The summed E-state index contributed by atoms with van der Waals surface area (Å²) in [6, 6.07) is -0.648. The maximum absolute atomic E-state index is 11.9. The molecule has 0 aliphatic carbocycles. The van der Waals surface area contributed by atoms with Gasteiger partial charge in [0, 0.05) is 6.04 Å². The summed E-state index contributed by atoms with van der Waals surface area (Å²) in [6.45, 7) is 3.42. The number of alkyl halides is 3. The maximum Gasteiger partial charge on any atom is 0.411 e. The predicted octanol–water partition coefficient (Wildman–Crippen LogP) is 1.30. The molecule has 0 saturated carbocycles. The van der Waals surface area contributed by atoms with E-state index in [0.717, 1.165) is 0 Å². The first kappa shape index (κ1) is 14.7. The number of aliphatic hydroxyl groups is 1. The molecule has 3 N–H and O–H groups in total. The molecule has 0 aromatic rings.